The Bertz CT molecular complexity index is 947. The van der Waals surface area contributed by atoms with E-state index in [1.165, 1.54) is 11.3 Å². The molecule has 0 atom stereocenters. The second-order valence-corrected chi connectivity index (χ2v) is 7.86. The van der Waals surface area contributed by atoms with Crippen LogP contribution in [0.25, 0.3) is 20.9 Å². The number of halogens is 2. The number of carboxylic acid groups (broad SMARTS) is 2. The molecule has 27 heavy (non-hydrogen) atoms. The Hall–Kier alpha value is -2.34. The first-order chi connectivity index (χ1) is 12.8. The van der Waals surface area contributed by atoms with Crippen LogP contribution in [-0.2, 0) is 22.4 Å². The first-order valence-corrected chi connectivity index (χ1v) is 9.52. The monoisotopic (exact) mass is 420 g/mol. The van der Waals surface area contributed by atoms with Gasteiger partial charge >= 0.3 is 11.9 Å². The molecule has 0 aliphatic rings. The van der Waals surface area contributed by atoms with Crippen molar-refractivity contribution in [3.05, 3.63) is 69.7 Å². The van der Waals surface area contributed by atoms with Gasteiger partial charge in [0.15, 0.2) is 0 Å². The average molecular weight is 421 g/mol. The summed E-state index contributed by atoms with van der Waals surface area (Å²) in [4.78, 5) is 24.1. The van der Waals surface area contributed by atoms with Crippen molar-refractivity contribution in [3.8, 4) is 20.9 Å². The van der Waals surface area contributed by atoms with Crippen LogP contribution in [0, 0.1) is 0 Å². The minimum atomic E-state index is -0.934. The topological polar surface area (TPSA) is 74.6 Å². The van der Waals surface area contributed by atoms with Gasteiger partial charge in [-0.1, -0.05) is 35.3 Å². The van der Waals surface area contributed by atoms with Crippen LogP contribution in [0.5, 0.6) is 0 Å². The van der Waals surface area contributed by atoms with Crippen LogP contribution in [-0.4, -0.2) is 22.2 Å². The molecule has 0 aliphatic heterocycles. The lowest BCUT2D eigenvalue weighted by Gasteiger charge is -2.08. The summed E-state index contributed by atoms with van der Waals surface area (Å²) < 4.78 is 0. The molecule has 2 N–H and O–H groups in total. The number of aliphatic carboxylic acids is 2. The van der Waals surface area contributed by atoms with Gasteiger partial charge in [0, 0.05) is 19.8 Å². The van der Waals surface area contributed by atoms with E-state index in [0.29, 0.717) is 21.2 Å². The van der Waals surface area contributed by atoms with E-state index in [9.17, 15) is 9.59 Å². The molecule has 7 heteroatoms. The minimum absolute atomic E-state index is 0.131. The second-order valence-electron chi connectivity index (χ2n) is 5.91. The quantitative estimate of drug-likeness (QED) is 0.540. The zero-order valence-corrected chi connectivity index (χ0v) is 16.2. The highest BCUT2D eigenvalue weighted by molar-refractivity contribution is 7.18. The van der Waals surface area contributed by atoms with Crippen LogP contribution in [0.1, 0.15) is 11.1 Å². The molecule has 3 rings (SSSR count). The highest BCUT2D eigenvalue weighted by Gasteiger charge is 2.15. The van der Waals surface area contributed by atoms with Crippen LogP contribution in [0.15, 0.2) is 48.5 Å². The summed E-state index contributed by atoms with van der Waals surface area (Å²) in [5.74, 6) is -1.87. The van der Waals surface area contributed by atoms with Gasteiger partial charge in [-0.15, -0.1) is 11.3 Å². The summed E-state index contributed by atoms with van der Waals surface area (Å²) in [6, 6.07) is 14.2. The van der Waals surface area contributed by atoms with Crippen molar-refractivity contribution in [1.29, 1.82) is 0 Å². The third-order valence-corrected chi connectivity index (χ3v) is 5.58. The van der Waals surface area contributed by atoms with E-state index in [2.05, 4.69) is 0 Å². The van der Waals surface area contributed by atoms with Crippen LogP contribution in [0.3, 0.4) is 0 Å². The Morgan fingerprint density at radius 1 is 0.741 bits per heavy atom. The molecule has 138 valence electrons. The maximum atomic E-state index is 11.2. The fourth-order valence-corrected chi connectivity index (χ4v) is 4.37. The Morgan fingerprint density at radius 2 is 1.15 bits per heavy atom. The predicted molar refractivity (Wildman–Crippen MR) is 108 cm³/mol. The molecule has 0 fully saturated rings. The van der Waals surface area contributed by atoms with E-state index in [1.54, 1.807) is 36.4 Å². The van der Waals surface area contributed by atoms with Crippen molar-refractivity contribution in [2.75, 3.05) is 0 Å². The van der Waals surface area contributed by atoms with Gasteiger partial charge in [0.05, 0.1) is 12.8 Å². The molecule has 0 amide bonds. The van der Waals surface area contributed by atoms with Gasteiger partial charge in [-0.25, -0.2) is 0 Å². The summed E-state index contributed by atoms with van der Waals surface area (Å²) in [5, 5.41) is 19.3. The number of thiophene rings is 1. The molecule has 0 unspecified atom stereocenters. The number of benzene rings is 2. The predicted octanol–water partition coefficient (Wildman–Crippen LogP) is 5.64. The van der Waals surface area contributed by atoms with Crippen molar-refractivity contribution in [3.63, 3.8) is 0 Å². The Morgan fingerprint density at radius 3 is 1.52 bits per heavy atom. The Kier molecular flexibility index (Phi) is 5.85. The van der Waals surface area contributed by atoms with Crippen molar-refractivity contribution in [2.45, 2.75) is 12.8 Å². The SMILES string of the molecule is O=C(O)Cc1cc(Cl)ccc1-c1ccc(-c2ccc(Cl)cc2CC(=O)O)s1. The summed E-state index contributed by atoms with van der Waals surface area (Å²) in [6.07, 6.45) is -0.261. The van der Waals surface area contributed by atoms with E-state index < -0.39 is 11.9 Å². The first kappa shape index (κ1) is 19.4. The number of hydrogen-bond donors (Lipinski definition) is 2. The summed E-state index contributed by atoms with van der Waals surface area (Å²) in [6.45, 7) is 0. The van der Waals surface area contributed by atoms with Gasteiger partial charge in [0.1, 0.15) is 0 Å². The third-order valence-electron chi connectivity index (χ3n) is 3.95. The van der Waals surface area contributed by atoms with E-state index in [0.717, 1.165) is 20.9 Å². The molecular weight excluding hydrogens is 407 g/mol. The van der Waals surface area contributed by atoms with Crippen LogP contribution in [0.2, 0.25) is 10.0 Å². The van der Waals surface area contributed by atoms with Crippen molar-refractivity contribution in [2.24, 2.45) is 0 Å². The first-order valence-electron chi connectivity index (χ1n) is 7.94. The summed E-state index contributed by atoms with van der Waals surface area (Å²) in [5.41, 5.74) is 2.86. The van der Waals surface area contributed by atoms with E-state index >= 15 is 0 Å². The normalized spacial score (nSPS) is 10.7. The lowest BCUT2D eigenvalue weighted by atomic mass is 10.0. The Labute approximate surface area is 169 Å². The third kappa shape index (κ3) is 4.69. The maximum Gasteiger partial charge on any atom is 0.307 e. The van der Waals surface area contributed by atoms with Crippen LogP contribution >= 0.6 is 34.5 Å². The van der Waals surface area contributed by atoms with Gasteiger partial charge in [0.25, 0.3) is 0 Å². The molecule has 0 radical (unpaired) electrons. The van der Waals surface area contributed by atoms with Gasteiger partial charge in [-0.2, -0.15) is 0 Å². The fraction of sp³-hybridized carbons (Fsp3) is 0.100. The molecule has 0 aliphatic carbocycles. The molecule has 1 aromatic heterocycles. The summed E-state index contributed by atoms with van der Waals surface area (Å²) in [7, 11) is 0. The molecular formula is C20H14Cl2O4S. The zero-order chi connectivity index (χ0) is 19.6. The maximum absolute atomic E-state index is 11.2. The van der Waals surface area contributed by atoms with Gasteiger partial charge in [-0.05, 0) is 58.7 Å². The molecule has 0 saturated heterocycles. The Balaban J connectivity index is 2.04. The van der Waals surface area contributed by atoms with Crippen molar-refractivity contribution >= 4 is 46.5 Å². The number of carboxylic acids is 2. The van der Waals surface area contributed by atoms with E-state index in [-0.39, 0.29) is 12.8 Å². The number of hydrogen-bond acceptors (Lipinski definition) is 3. The van der Waals surface area contributed by atoms with Crippen molar-refractivity contribution < 1.29 is 19.8 Å². The highest BCUT2D eigenvalue weighted by Crippen LogP contribution is 2.38. The average Bonchev–Trinajstić information content (AvgIpc) is 3.03. The molecule has 3 aromatic rings. The fourth-order valence-electron chi connectivity index (χ4n) is 2.85. The van der Waals surface area contributed by atoms with E-state index in [4.69, 9.17) is 33.4 Å². The highest BCUT2D eigenvalue weighted by atomic mass is 35.5. The molecule has 1 heterocycles. The number of carbonyl (C=O) groups is 2. The molecule has 2 aromatic carbocycles. The molecule has 0 bridgehead atoms. The standard InChI is InChI=1S/C20H14Cl2O4S/c21-13-1-3-15(11(7-13)9-19(23)24)17-5-6-18(27-17)16-4-2-14(22)8-12(16)10-20(25)26/h1-8H,9-10H2,(H,23,24)(H,25,26). The second kappa shape index (κ2) is 8.13. The largest absolute Gasteiger partial charge is 0.481 e. The minimum Gasteiger partial charge on any atom is -0.481 e. The van der Waals surface area contributed by atoms with Gasteiger partial charge in [0.2, 0.25) is 0 Å². The summed E-state index contributed by atoms with van der Waals surface area (Å²) >= 11 is 13.5. The van der Waals surface area contributed by atoms with Crippen LogP contribution < -0.4 is 0 Å². The molecule has 0 saturated carbocycles. The van der Waals surface area contributed by atoms with Gasteiger partial charge in [-0.3, -0.25) is 9.59 Å². The lowest BCUT2D eigenvalue weighted by Crippen LogP contribution is -2.01. The number of rotatable bonds is 6. The zero-order valence-electron chi connectivity index (χ0n) is 13.9. The lowest BCUT2D eigenvalue weighted by molar-refractivity contribution is -0.137. The smallest absolute Gasteiger partial charge is 0.307 e. The van der Waals surface area contributed by atoms with Crippen molar-refractivity contribution in [1.82, 2.24) is 0 Å². The molecule has 4 nitrogen and oxygen atoms in total. The van der Waals surface area contributed by atoms with Gasteiger partial charge < -0.3 is 10.2 Å². The van der Waals surface area contributed by atoms with Crippen LogP contribution in [0.4, 0.5) is 0 Å². The van der Waals surface area contributed by atoms with E-state index in [1.807, 2.05) is 12.1 Å². The molecule has 0 spiro atoms.